The molecule has 1 amide bonds. The van der Waals surface area contributed by atoms with Gasteiger partial charge in [-0.25, -0.2) is 4.98 Å². The van der Waals surface area contributed by atoms with Gasteiger partial charge in [0.1, 0.15) is 11.5 Å². The molecule has 2 N–H and O–H groups in total. The van der Waals surface area contributed by atoms with E-state index in [1.807, 2.05) is 0 Å². The Kier molecular flexibility index (Phi) is 5.98. The number of aromatic nitrogens is 3. The molecule has 0 aromatic carbocycles. The number of carbonyl (C=O) groups excluding carboxylic acids is 1. The number of carbonyl (C=O) groups is 1. The van der Waals surface area contributed by atoms with Crippen LogP contribution in [-0.4, -0.2) is 37.1 Å². The number of hydrogen-bond acceptors (Lipinski definition) is 4. The number of alkyl halides is 3. The normalized spacial score (nSPS) is 21.4. The zero-order chi connectivity index (χ0) is 22.9. The number of hydrogen-bond donors (Lipinski definition) is 3. The molecule has 1 aliphatic rings. The molecule has 0 atom stereocenters. The fraction of sp³-hybridized carbons (Fsp3) is 0.364. The average Bonchev–Trinajstić information content (AvgIpc) is 3.22. The standard InChI is InChI=1S/C22H24F3N5OS/c1-14-16(5-4-12-26-14)20(31)29-21(32-2)10-8-15(9-11-21)27-18-6-3-7-19-28-17(13-30(18)19)22(23,24)25/h3-7,12-13,15,27,32H,2,8-11H2,1H3,(H,29,31)/t15-,21+. The Morgan fingerprint density at radius 2 is 2.00 bits per heavy atom. The molecule has 3 aromatic heterocycles. The number of fused-ring (bicyclic) bond motifs is 1. The molecule has 0 saturated heterocycles. The molecule has 1 fully saturated rings. The number of aryl methyl sites for hydroxylation is 1. The van der Waals surface area contributed by atoms with E-state index in [9.17, 15) is 18.0 Å². The number of rotatable bonds is 5. The van der Waals surface area contributed by atoms with Gasteiger partial charge in [-0.05, 0) is 56.9 Å². The minimum Gasteiger partial charge on any atom is -0.368 e. The summed E-state index contributed by atoms with van der Waals surface area (Å²) >= 11 is 0.824. The van der Waals surface area contributed by atoms with Crippen LogP contribution in [0.2, 0.25) is 0 Å². The van der Waals surface area contributed by atoms with E-state index in [1.54, 1.807) is 43.5 Å². The molecule has 10 heteroatoms. The van der Waals surface area contributed by atoms with Gasteiger partial charge in [0, 0.05) is 24.1 Å². The van der Waals surface area contributed by atoms with Gasteiger partial charge in [-0.1, -0.05) is 11.9 Å². The highest BCUT2D eigenvalue weighted by Gasteiger charge is 2.36. The number of halogens is 3. The first-order valence-corrected chi connectivity index (χ1v) is 11.3. The third kappa shape index (κ3) is 4.50. The molecule has 32 heavy (non-hydrogen) atoms. The lowest BCUT2D eigenvalue weighted by atomic mass is 9.90. The lowest BCUT2D eigenvalue weighted by Crippen LogP contribution is -2.49. The first-order chi connectivity index (χ1) is 15.2. The minimum atomic E-state index is -4.49. The molecule has 170 valence electrons. The highest BCUT2D eigenvalue weighted by molar-refractivity contribution is 7.97. The smallest absolute Gasteiger partial charge is 0.368 e. The van der Waals surface area contributed by atoms with Crippen molar-refractivity contribution in [1.29, 1.82) is 0 Å². The van der Waals surface area contributed by atoms with Crippen LogP contribution >= 0.6 is 11.4 Å². The number of anilines is 1. The molecule has 3 heterocycles. The lowest BCUT2D eigenvalue weighted by Gasteiger charge is -2.39. The molecule has 0 bridgehead atoms. The highest BCUT2D eigenvalue weighted by atomic mass is 32.1. The number of nitrogens with one attached hydrogen (secondary N) is 2. The third-order valence-corrected chi connectivity index (χ3v) is 7.01. The van der Waals surface area contributed by atoms with Crippen LogP contribution in [0, 0.1) is 6.92 Å². The number of nitrogens with zero attached hydrogens (tertiary/aromatic N) is 3. The van der Waals surface area contributed by atoms with Gasteiger partial charge >= 0.3 is 6.18 Å². The average molecular weight is 464 g/mol. The molecular formula is C22H24F3N5OS. The summed E-state index contributed by atoms with van der Waals surface area (Å²) < 4.78 is 40.6. The predicted octanol–water partition coefficient (Wildman–Crippen LogP) is 4.43. The van der Waals surface area contributed by atoms with Gasteiger partial charge in [0.15, 0.2) is 5.69 Å². The maximum atomic E-state index is 13.1. The van der Waals surface area contributed by atoms with E-state index in [0.29, 0.717) is 29.9 Å². The Morgan fingerprint density at radius 3 is 2.66 bits per heavy atom. The summed E-state index contributed by atoms with van der Waals surface area (Å²) in [4.78, 5) is 20.2. The van der Waals surface area contributed by atoms with Crippen LogP contribution in [0.4, 0.5) is 19.0 Å². The zero-order valence-corrected chi connectivity index (χ0v) is 18.4. The number of pyridine rings is 2. The van der Waals surface area contributed by atoms with Crippen LogP contribution in [0.5, 0.6) is 0 Å². The van der Waals surface area contributed by atoms with Gasteiger partial charge in [-0.3, -0.25) is 14.2 Å². The fourth-order valence-corrected chi connectivity index (χ4v) is 4.79. The van der Waals surface area contributed by atoms with Crippen molar-refractivity contribution in [3.8, 4) is 0 Å². The van der Waals surface area contributed by atoms with E-state index < -0.39 is 16.7 Å². The molecule has 4 rings (SSSR count). The quantitative estimate of drug-likeness (QED) is 0.387. The summed E-state index contributed by atoms with van der Waals surface area (Å²) in [5.74, 6) is 4.42. The molecule has 1 saturated carbocycles. The minimum absolute atomic E-state index is 0.0595. The van der Waals surface area contributed by atoms with Gasteiger partial charge < -0.3 is 10.6 Å². The van der Waals surface area contributed by atoms with Gasteiger partial charge in [0.25, 0.3) is 5.91 Å². The van der Waals surface area contributed by atoms with Crippen LogP contribution in [0.25, 0.3) is 5.65 Å². The van der Waals surface area contributed by atoms with Crippen molar-refractivity contribution in [3.05, 3.63) is 59.7 Å². The van der Waals surface area contributed by atoms with Crippen molar-refractivity contribution in [2.45, 2.75) is 49.7 Å². The summed E-state index contributed by atoms with van der Waals surface area (Å²) in [5, 5.41) is 6.51. The van der Waals surface area contributed by atoms with Gasteiger partial charge in [0.05, 0.1) is 10.4 Å². The topological polar surface area (TPSA) is 71.3 Å². The van der Waals surface area contributed by atoms with Crippen molar-refractivity contribution in [1.82, 2.24) is 19.7 Å². The molecular weight excluding hydrogens is 439 g/mol. The number of imidazole rings is 1. The highest BCUT2D eigenvalue weighted by Crippen LogP contribution is 2.36. The monoisotopic (exact) mass is 463 g/mol. The van der Waals surface area contributed by atoms with Crippen LogP contribution in [0.1, 0.15) is 47.4 Å². The molecule has 1 aliphatic carbocycles. The van der Waals surface area contributed by atoms with Gasteiger partial charge in [0.2, 0.25) is 0 Å². The van der Waals surface area contributed by atoms with Crippen molar-refractivity contribution in [2.24, 2.45) is 0 Å². The maximum absolute atomic E-state index is 13.1. The Balaban J connectivity index is 1.45. The second kappa shape index (κ2) is 8.57. The SMILES string of the molecule is C=[SH][C@]1(NC(=O)c2cccnc2C)CC[C@H](Nc2cccc3nc(C(F)(F)F)cn23)CC1. The van der Waals surface area contributed by atoms with E-state index in [0.717, 1.165) is 30.4 Å². The van der Waals surface area contributed by atoms with E-state index >= 15 is 0 Å². The Morgan fingerprint density at radius 1 is 1.25 bits per heavy atom. The summed E-state index contributed by atoms with van der Waals surface area (Å²) in [6.45, 7) is 1.80. The van der Waals surface area contributed by atoms with Crippen molar-refractivity contribution in [2.75, 3.05) is 5.32 Å². The largest absolute Gasteiger partial charge is 0.434 e. The first kappa shape index (κ1) is 22.3. The van der Waals surface area contributed by atoms with E-state index in [2.05, 4.69) is 26.5 Å². The number of amides is 1. The maximum Gasteiger partial charge on any atom is 0.434 e. The van der Waals surface area contributed by atoms with E-state index in [-0.39, 0.29) is 17.6 Å². The summed E-state index contributed by atoms with van der Waals surface area (Å²) in [5.41, 5.74) is 0.535. The molecule has 6 nitrogen and oxygen atoms in total. The van der Waals surface area contributed by atoms with Crippen molar-refractivity contribution >= 4 is 34.6 Å². The molecule has 3 aromatic rings. The summed E-state index contributed by atoms with van der Waals surface area (Å²) in [7, 11) is 0. The first-order valence-electron chi connectivity index (χ1n) is 10.2. The summed E-state index contributed by atoms with van der Waals surface area (Å²) in [6.07, 6.45) is 1.06. The zero-order valence-electron chi connectivity index (χ0n) is 17.5. The summed E-state index contributed by atoms with van der Waals surface area (Å²) in [6, 6.07) is 8.51. The van der Waals surface area contributed by atoms with Crippen molar-refractivity contribution in [3.63, 3.8) is 0 Å². The van der Waals surface area contributed by atoms with E-state index in [1.165, 1.54) is 4.40 Å². The van der Waals surface area contributed by atoms with Gasteiger partial charge in [-0.15, -0.1) is 0 Å². The molecule has 0 aliphatic heterocycles. The predicted molar refractivity (Wildman–Crippen MR) is 121 cm³/mol. The van der Waals surface area contributed by atoms with Crippen molar-refractivity contribution < 1.29 is 18.0 Å². The van der Waals surface area contributed by atoms with Gasteiger partial charge in [-0.2, -0.15) is 24.5 Å². The second-order valence-corrected chi connectivity index (χ2v) is 9.13. The Bertz CT molecular complexity index is 1150. The fourth-order valence-electron chi connectivity index (χ4n) is 4.04. The molecule has 0 spiro atoms. The van der Waals surface area contributed by atoms with Crippen LogP contribution < -0.4 is 10.6 Å². The van der Waals surface area contributed by atoms with Crippen LogP contribution in [0.15, 0.2) is 42.7 Å². The van der Waals surface area contributed by atoms with E-state index in [4.69, 9.17) is 0 Å². The van der Waals surface area contributed by atoms with Crippen LogP contribution in [0.3, 0.4) is 0 Å². The third-order valence-electron chi connectivity index (χ3n) is 5.85. The Hall–Kier alpha value is -2.88. The lowest BCUT2D eigenvalue weighted by molar-refractivity contribution is -0.140. The molecule has 0 radical (unpaired) electrons. The molecule has 0 unspecified atom stereocenters. The Labute approximate surface area is 187 Å². The van der Waals surface area contributed by atoms with Crippen LogP contribution in [-0.2, 0) is 6.18 Å². The number of thiol groups is 1. The second-order valence-electron chi connectivity index (χ2n) is 7.96.